The van der Waals surface area contributed by atoms with Crippen LogP contribution in [0.15, 0.2) is 23.3 Å². The number of aromatic nitrogens is 3. The first-order chi connectivity index (χ1) is 12.1. The standard InChI is InChI=1S/C18H26N4O4/c1-17(2,3)26-16(24)21-9-6-18(25,7-10-21)12-22-14-11-19-8-5-13(14)20(4)15(22)23/h5,8,11,25H,6-7,9-10,12H2,1-4H3. The monoisotopic (exact) mass is 362 g/mol. The third-order valence-electron chi connectivity index (χ3n) is 4.75. The van der Waals surface area contributed by atoms with Crippen LogP contribution in [0.5, 0.6) is 0 Å². The molecule has 0 atom stereocenters. The molecule has 0 spiro atoms. The van der Waals surface area contributed by atoms with Crippen LogP contribution in [0.1, 0.15) is 33.6 Å². The normalized spacial score (nSPS) is 17.5. The highest BCUT2D eigenvalue weighted by molar-refractivity contribution is 5.74. The van der Waals surface area contributed by atoms with E-state index in [-0.39, 0.29) is 18.3 Å². The zero-order chi connectivity index (χ0) is 19.1. The van der Waals surface area contributed by atoms with Crippen molar-refractivity contribution in [2.75, 3.05) is 13.1 Å². The van der Waals surface area contributed by atoms with Gasteiger partial charge in [0.05, 0.1) is 29.4 Å². The Hall–Kier alpha value is -2.35. The Kier molecular flexibility index (Phi) is 4.56. The number of amides is 1. The number of imidazole rings is 1. The quantitative estimate of drug-likeness (QED) is 0.874. The number of fused-ring (bicyclic) bond motifs is 1. The van der Waals surface area contributed by atoms with Crippen LogP contribution in [-0.2, 0) is 18.3 Å². The fourth-order valence-electron chi connectivity index (χ4n) is 3.29. The van der Waals surface area contributed by atoms with Gasteiger partial charge in [0, 0.05) is 26.3 Å². The van der Waals surface area contributed by atoms with Crippen molar-refractivity contribution in [3.05, 3.63) is 28.9 Å². The molecule has 1 N–H and O–H groups in total. The van der Waals surface area contributed by atoms with E-state index >= 15 is 0 Å². The molecular formula is C18H26N4O4. The number of carbonyl (C=O) groups is 1. The number of rotatable bonds is 2. The number of hydrogen-bond acceptors (Lipinski definition) is 5. The molecule has 1 aliphatic rings. The summed E-state index contributed by atoms with van der Waals surface area (Å²) in [7, 11) is 1.70. The summed E-state index contributed by atoms with van der Waals surface area (Å²) in [4.78, 5) is 30.4. The van der Waals surface area contributed by atoms with Crippen LogP contribution in [0, 0.1) is 0 Å². The van der Waals surface area contributed by atoms with Gasteiger partial charge in [-0.3, -0.25) is 14.1 Å². The Morgan fingerprint density at radius 3 is 2.58 bits per heavy atom. The van der Waals surface area contributed by atoms with Crippen molar-refractivity contribution in [2.45, 2.75) is 51.4 Å². The molecule has 0 bridgehead atoms. The molecular weight excluding hydrogens is 336 g/mol. The molecule has 2 aromatic rings. The Morgan fingerprint density at radius 1 is 1.31 bits per heavy atom. The molecule has 1 aliphatic heterocycles. The van der Waals surface area contributed by atoms with Gasteiger partial charge in [0.1, 0.15) is 5.60 Å². The lowest BCUT2D eigenvalue weighted by atomic mass is 9.91. The molecule has 26 heavy (non-hydrogen) atoms. The summed E-state index contributed by atoms with van der Waals surface area (Å²) >= 11 is 0. The highest BCUT2D eigenvalue weighted by Crippen LogP contribution is 2.26. The van der Waals surface area contributed by atoms with Gasteiger partial charge >= 0.3 is 11.8 Å². The summed E-state index contributed by atoms with van der Waals surface area (Å²) < 4.78 is 8.50. The highest BCUT2D eigenvalue weighted by atomic mass is 16.6. The van der Waals surface area contributed by atoms with Gasteiger partial charge in [0.15, 0.2) is 0 Å². The van der Waals surface area contributed by atoms with Gasteiger partial charge in [-0.1, -0.05) is 0 Å². The van der Waals surface area contributed by atoms with Crippen LogP contribution in [0.3, 0.4) is 0 Å². The fraction of sp³-hybridized carbons (Fsp3) is 0.611. The third kappa shape index (κ3) is 3.60. The van der Waals surface area contributed by atoms with E-state index in [1.807, 2.05) is 20.8 Å². The molecule has 142 valence electrons. The van der Waals surface area contributed by atoms with Crippen molar-refractivity contribution < 1.29 is 14.6 Å². The molecule has 0 unspecified atom stereocenters. The molecule has 8 nitrogen and oxygen atoms in total. The summed E-state index contributed by atoms with van der Waals surface area (Å²) in [6.45, 7) is 6.44. The van der Waals surface area contributed by atoms with Crippen LogP contribution in [0.4, 0.5) is 4.79 Å². The Morgan fingerprint density at radius 2 is 1.96 bits per heavy atom. The number of likely N-dealkylation sites (tertiary alicyclic amines) is 1. The van der Waals surface area contributed by atoms with Crippen molar-refractivity contribution in [1.82, 2.24) is 19.0 Å². The first-order valence-electron chi connectivity index (χ1n) is 8.79. The lowest BCUT2D eigenvalue weighted by Crippen LogP contribution is -2.50. The van der Waals surface area contributed by atoms with Crippen molar-refractivity contribution in [3.63, 3.8) is 0 Å². The fourth-order valence-corrected chi connectivity index (χ4v) is 3.29. The molecule has 1 amide bonds. The zero-order valence-corrected chi connectivity index (χ0v) is 15.7. The van der Waals surface area contributed by atoms with Gasteiger partial charge in [0.2, 0.25) is 0 Å². The number of pyridine rings is 1. The predicted molar refractivity (Wildman–Crippen MR) is 97.0 cm³/mol. The maximum absolute atomic E-state index is 12.5. The second-order valence-corrected chi connectivity index (χ2v) is 7.98. The van der Waals surface area contributed by atoms with Crippen molar-refractivity contribution in [2.24, 2.45) is 7.05 Å². The van der Waals surface area contributed by atoms with Crippen LogP contribution in [-0.4, -0.2) is 54.5 Å². The SMILES string of the molecule is Cn1c(=O)n(CC2(O)CCN(C(=O)OC(C)(C)C)CC2)c2cnccc21. The molecule has 0 saturated carbocycles. The summed E-state index contributed by atoms with van der Waals surface area (Å²) in [5.41, 5.74) is -0.306. The molecule has 0 aliphatic carbocycles. The van der Waals surface area contributed by atoms with Crippen LogP contribution >= 0.6 is 0 Å². The van der Waals surface area contributed by atoms with Crippen LogP contribution in [0.25, 0.3) is 11.0 Å². The van der Waals surface area contributed by atoms with E-state index in [2.05, 4.69) is 4.98 Å². The molecule has 3 heterocycles. The van der Waals surface area contributed by atoms with E-state index in [1.54, 1.807) is 39.5 Å². The van der Waals surface area contributed by atoms with Gasteiger partial charge < -0.3 is 14.7 Å². The molecule has 1 saturated heterocycles. The van der Waals surface area contributed by atoms with Gasteiger partial charge in [-0.2, -0.15) is 0 Å². The minimum atomic E-state index is -1.05. The minimum absolute atomic E-state index is 0.178. The number of piperidine rings is 1. The Bertz CT molecular complexity index is 869. The maximum atomic E-state index is 12.5. The summed E-state index contributed by atoms with van der Waals surface area (Å²) in [5.74, 6) is 0. The smallest absolute Gasteiger partial charge is 0.410 e. The number of ether oxygens (including phenoxy) is 1. The second kappa shape index (κ2) is 6.42. The first-order valence-corrected chi connectivity index (χ1v) is 8.79. The van der Waals surface area contributed by atoms with Gasteiger partial charge in [-0.05, 0) is 39.7 Å². The highest BCUT2D eigenvalue weighted by Gasteiger charge is 2.36. The predicted octanol–water partition coefficient (Wildman–Crippen LogP) is 1.50. The largest absolute Gasteiger partial charge is 0.444 e. The maximum Gasteiger partial charge on any atom is 0.410 e. The van der Waals surface area contributed by atoms with Gasteiger partial charge in [0.25, 0.3) is 0 Å². The Balaban J connectivity index is 1.74. The van der Waals surface area contributed by atoms with Gasteiger partial charge in [-0.25, -0.2) is 9.59 Å². The number of hydrogen-bond donors (Lipinski definition) is 1. The molecule has 0 aromatic carbocycles. The topological polar surface area (TPSA) is 89.6 Å². The summed E-state index contributed by atoms with van der Waals surface area (Å²) in [5, 5.41) is 11.0. The lowest BCUT2D eigenvalue weighted by molar-refractivity contribution is -0.0413. The average Bonchev–Trinajstić information content (AvgIpc) is 2.79. The number of nitrogens with zero attached hydrogens (tertiary/aromatic N) is 4. The summed E-state index contributed by atoms with van der Waals surface area (Å²) in [6, 6.07) is 1.78. The number of aliphatic hydroxyl groups is 1. The molecule has 2 aromatic heterocycles. The molecule has 1 fully saturated rings. The van der Waals surface area contributed by atoms with Crippen LogP contribution in [0.2, 0.25) is 0 Å². The lowest BCUT2D eigenvalue weighted by Gasteiger charge is -2.38. The van der Waals surface area contributed by atoms with Gasteiger partial charge in [-0.15, -0.1) is 0 Å². The van der Waals surface area contributed by atoms with E-state index in [4.69, 9.17) is 4.74 Å². The third-order valence-corrected chi connectivity index (χ3v) is 4.75. The average molecular weight is 362 g/mol. The van der Waals surface area contributed by atoms with Crippen molar-refractivity contribution in [3.8, 4) is 0 Å². The first kappa shape index (κ1) is 18.4. The van der Waals surface area contributed by atoms with E-state index in [0.717, 1.165) is 5.52 Å². The molecule has 3 rings (SSSR count). The van der Waals surface area contributed by atoms with E-state index < -0.39 is 11.2 Å². The van der Waals surface area contributed by atoms with Crippen LogP contribution < -0.4 is 5.69 Å². The number of aryl methyl sites for hydroxylation is 1. The van der Waals surface area contributed by atoms with E-state index in [9.17, 15) is 14.7 Å². The molecule has 0 radical (unpaired) electrons. The zero-order valence-electron chi connectivity index (χ0n) is 15.7. The molecule has 8 heteroatoms. The van der Waals surface area contributed by atoms with E-state index in [1.165, 1.54) is 0 Å². The van der Waals surface area contributed by atoms with Crippen molar-refractivity contribution in [1.29, 1.82) is 0 Å². The van der Waals surface area contributed by atoms with Crippen molar-refractivity contribution >= 4 is 17.1 Å². The minimum Gasteiger partial charge on any atom is -0.444 e. The van der Waals surface area contributed by atoms with E-state index in [0.29, 0.717) is 31.4 Å². The summed E-state index contributed by atoms with van der Waals surface area (Å²) in [6.07, 6.45) is 3.67. The second-order valence-electron chi connectivity index (χ2n) is 7.98. The Labute approximate surface area is 152 Å². The number of carbonyl (C=O) groups excluding carboxylic acids is 1.